The second-order valence-electron chi connectivity index (χ2n) is 6.09. The van der Waals surface area contributed by atoms with Crippen LogP contribution in [0.2, 0.25) is 0 Å². The fraction of sp³-hybridized carbons (Fsp3) is 0.647. The Bertz CT molecular complexity index is 466. The molecule has 3 heteroatoms. The Morgan fingerprint density at radius 2 is 1.75 bits per heavy atom. The van der Waals surface area contributed by atoms with Gasteiger partial charge in [-0.1, -0.05) is 19.3 Å². The summed E-state index contributed by atoms with van der Waals surface area (Å²) < 4.78 is 11.4. The average molecular weight is 275 g/mol. The van der Waals surface area contributed by atoms with E-state index >= 15 is 0 Å². The molecule has 1 aromatic carbocycles. The van der Waals surface area contributed by atoms with E-state index in [0.29, 0.717) is 19.1 Å². The van der Waals surface area contributed by atoms with E-state index in [0.717, 1.165) is 24.0 Å². The Morgan fingerprint density at radius 3 is 2.40 bits per heavy atom. The van der Waals surface area contributed by atoms with E-state index in [-0.39, 0.29) is 0 Å². The quantitative estimate of drug-likeness (QED) is 0.919. The minimum Gasteiger partial charge on any atom is -0.486 e. The van der Waals surface area contributed by atoms with Crippen LogP contribution in [0.25, 0.3) is 0 Å². The fourth-order valence-corrected chi connectivity index (χ4v) is 3.72. The number of benzene rings is 1. The molecule has 3 rings (SSSR count). The smallest absolute Gasteiger partial charge is 0.161 e. The maximum Gasteiger partial charge on any atom is 0.161 e. The first-order valence-corrected chi connectivity index (χ1v) is 7.90. The lowest BCUT2D eigenvalue weighted by atomic mass is 9.75. The summed E-state index contributed by atoms with van der Waals surface area (Å²) in [5.41, 5.74) is 8.76. The van der Waals surface area contributed by atoms with Gasteiger partial charge in [0.25, 0.3) is 0 Å². The number of fused-ring (bicyclic) bond motifs is 1. The maximum absolute atomic E-state index is 6.11. The van der Waals surface area contributed by atoms with E-state index in [1.165, 1.54) is 43.2 Å². The zero-order chi connectivity index (χ0) is 13.9. The van der Waals surface area contributed by atoms with Crippen molar-refractivity contribution in [3.8, 4) is 11.5 Å². The third kappa shape index (κ3) is 2.64. The van der Waals surface area contributed by atoms with Gasteiger partial charge in [0.15, 0.2) is 11.5 Å². The lowest BCUT2D eigenvalue weighted by Gasteiger charge is -2.31. The SMILES string of the molecule is Cc1cc2c(cc1C(CN)C1CCCCC1)OCCO2. The van der Waals surface area contributed by atoms with Crippen molar-refractivity contribution in [3.05, 3.63) is 23.3 Å². The minimum absolute atomic E-state index is 0.464. The molecule has 1 unspecified atom stereocenters. The summed E-state index contributed by atoms with van der Waals surface area (Å²) in [6, 6.07) is 4.30. The van der Waals surface area contributed by atoms with Gasteiger partial charge in [-0.15, -0.1) is 0 Å². The van der Waals surface area contributed by atoms with Crippen LogP contribution in [0.5, 0.6) is 11.5 Å². The number of hydrogen-bond acceptors (Lipinski definition) is 3. The first kappa shape index (κ1) is 13.7. The molecular formula is C17H25NO2. The van der Waals surface area contributed by atoms with E-state index in [2.05, 4.69) is 19.1 Å². The second-order valence-corrected chi connectivity index (χ2v) is 6.09. The van der Waals surface area contributed by atoms with Crippen molar-refractivity contribution in [2.45, 2.75) is 44.9 Å². The van der Waals surface area contributed by atoms with Crippen molar-refractivity contribution >= 4 is 0 Å². The van der Waals surface area contributed by atoms with Gasteiger partial charge in [0.05, 0.1) is 0 Å². The molecule has 0 spiro atoms. The highest BCUT2D eigenvalue weighted by Crippen LogP contribution is 2.41. The summed E-state index contributed by atoms with van der Waals surface area (Å²) in [6.07, 6.45) is 6.72. The van der Waals surface area contributed by atoms with Crippen LogP contribution in [-0.4, -0.2) is 19.8 Å². The molecule has 0 bridgehead atoms. The van der Waals surface area contributed by atoms with Crippen molar-refractivity contribution in [3.63, 3.8) is 0 Å². The number of ether oxygens (including phenoxy) is 2. The van der Waals surface area contributed by atoms with Crippen molar-refractivity contribution < 1.29 is 9.47 Å². The van der Waals surface area contributed by atoms with Crippen LogP contribution < -0.4 is 15.2 Å². The Morgan fingerprint density at radius 1 is 1.10 bits per heavy atom. The molecule has 1 aliphatic heterocycles. The van der Waals surface area contributed by atoms with Crippen molar-refractivity contribution in [1.82, 2.24) is 0 Å². The molecule has 1 saturated carbocycles. The lowest BCUT2D eigenvalue weighted by molar-refractivity contribution is 0.171. The minimum atomic E-state index is 0.464. The molecule has 1 heterocycles. The summed E-state index contributed by atoms with van der Waals surface area (Å²) in [7, 11) is 0. The van der Waals surface area contributed by atoms with Crippen LogP contribution in [0.4, 0.5) is 0 Å². The van der Waals surface area contributed by atoms with Crippen LogP contribution in [0, 0.1) is 12.8 Å². The van der Waals surface area contributed by atoms with Crippen LogP contribution in [0.1, 0.15) is 49.1 Å². The molecule has 1 fully saturated rings. The van der Waals surface area contributed by atoms with Crippen LogP contribution in [-0.2, 0) is 0 Å². The topological polar surface area (TPSA) is 44.5 Å². The van der Waals surface area contributed by atoms with E-state index in [1.54, 1.807) is 0 Å². The first-order valence-electron chi connectivity index (χ1n) is 7.90. The third-order valence-corrected chi connectivity index (χ3v) is 4.80. The molecule has 1 atom stereocenters. The van der Waals surface area contributed by atoms with E-state index in [9.17, 15) is 0 Å². The highest BCUT2D eigenvalue weighted by molar-refractivity contribution is 5.49. The van der Waals surface area contributed by atoms with Gasteiger partial charge in [-0.2, -0.15) is 0 Å². The first-order chi connectivity index (χ1) is 9.79. The molecule has 0 amide bonds. The largest absolute Gasteiger partial charge is 0.486 e. The Labute approximate surface area is 121 Å². The molecular weight excluding hydrogens is 250 g/mol. The predicted molar refractivity (Wildman–Crippen MR) is 80.5 cm³/mol. The van der Waals surface area contributed by atoms with Gasteiger partial charge in [0.1, 0.15) is 13.2 Å². The van der Waals surface area contributed by atoms with Gasteiger partial charge in [0, 0.05) is 0 Å². The normalized spacial score (nSPS) is 20.7. The van der Waals surface area contributed by atoms with E-state index in [4.69, 9.17) is 15.2 Å². The van der Waals surface area contributed by atoms with Crippen molar-refractivity contribution in [1.29, 1.82) is 0 Å². The molecule has 110 valence electrons. The third-order valence-electron chi connectivity index (χ3n) is 4.80. The molecule has 2 N–H and O–H groups in total. The summed E-state index contributed by atoms with van der Waals surface area (Å²) in [4.78, 5) is 0. The number of hydrogen-bond donors (Lipinski definition) is 1. The van der Waals surface area contributed by atoms with Crippen molar-refractivity contribution in [2.75, 3.05) is 19.8 Å². The number of aryl methyl sites for hydroxylation is 1. The van der Waals surface area contributed by atoms with Gasteiger partial charge in [-0.05, 0) is 61.4 Å². The van der Waals surface area contributed by atoms with Gasteiger partial charge >= 0.3 is 0 Å². The van der Waals surface area contributed by atoms with Gasteiger partial charge in [-0.3, -0.25) is 0 Å². The molecule has 0 saturated heterocycles. The highest BCUT2D eigenvalue weighted by Gasteiger charge is 2.26. The van der Waals surface area contributed by atoms with Crippen LogP contribution in [0.15, 0.2) is 12.1 Å². The standard InChI is InChI=1S/C17H25NO2/c1-12-9-16-17(20-8-7-19-16)10-14(12)15(11-18)13-5-3-2-4-6-13/h9-10,13,15H,2-8,11,18H2,1H3. The molecule has 1 aromatic rings. The monoisotopic (exact) mass is 275 g/mol. The van der Waals surface area contributed by atoms with E-state index < -0.39 is 0 Å². The summed E-state index contributed by atoms with van der Waals surface area (Å²) in [5.74, 6) is 2.98. The summed E-state index contributed by atoms with van der Waals surface area (Å²) >= 11 is 0. The average Bonchev–Trinajstić information content (AvgIpc) is 2.49. The predicted octanol–water partition coefficient (Wildman–Crippen LogP) is 3.39. The lowest BCUT2D eigenvalue weighted by Crippen LogP contribution is -2.25. The second kappa shape index (κ2) is 6.04. The molecule has 20 heavy (non-hydrogen) atoms. The Balaban J connectivity index is 1.90. The number of nitrogens with two attached hydrogens (primary N) is 1. The van der Waals surface area contributed by atoms with Crippen molar-refractivity contribution in [2.24, 2.45) is 11.7 Å². The Kier molecular flexibility index (Phi) is 4.16. The summed E-state index contributed by atoms with van der Waals surface area (Å²) in [5, 5.41) is 0. The van der Waals surface area contributed by atoms with Gasteiger partial charge in [0.2, 0.25) is 0 Å². The molecule has 3 nitrogen and oxygen atoms in total. The summed E-state index contributed by atoms with van der Waals surface area (Å²) in [6.45, 7) is 4.19. The zero-order valence-electron chi connectivity index (χ0n) is 12.4. The molecule has 1 aliphatic carbocycles. The highest BCUT2D eigenvalue weighted by atomic mass is 16.6. The zero-order valence-corrected chi connectivity index (χ0v) is 12.4. The van der Waals surface area contributed by atoms with Gasteiger partial charge in [-0.25, -0.2) is 0 Å². The molecule has 0 aromatic heterocycles. The molecule has 2 aliphatic rings. The van der Waals surface area contributed by atoms with Gasteiger partial charge < -0.3 is 15.2 Å². The van der Waals surface area contributed by atoms with E-state index in [1.807, 2.05) is 0 Å². The van der Waals surface area contributed by atoms with Crippen LogP contribution in [0.3, 0.4) is 0 Å². The number of rotatable bonds is 3. The Hall–Kier alpha value is -1.22. The fourth-order valence-electron chi connectivity index (χ4n) is 3.72. The maximum atomic E-state index is 6.11. The van der Waals surface area contributed by atoms with Crippen LogP contribution >= 0.6 is 0 Å². The molecule has 0 radical (unpaired) electrons.